The van der Waals surface area contributed by atoms with E-state index in [0.29, 0.717) is 4.91 Å². The third kappa shape index (κ3) is 2.20. The van der Waals surface area contributed by atoms with Crippen LogP contribution in [0.1, 0.15) is 0 Å². The van der Waals surface area contributed by atoms with Crippen molar-refractivity contribution in [3.63, 3.8) is 0 Å². The van der Waals surface area contributed by atoms with E-state index in [4.69, 9.17) is 0 Å². The highest BCUT2D eigenvalue weighted by atomic mass is 79.9. The maximum Gasteiger partial charge on any atom is 0.267 e. The summed E-state index contributed by atoms with van der Waals surface area (Å²) in [5.74, 6) is -0.502. The zero-order valence-corrected chi connectivity index (χ0v) is 10.8. The number of hydrogen-bond acceptors (Lipinski definition) is 3. The number of hydrogen-bond donors (Lipinski definition) is 0. The first-order valence-corrected chi connectivity index (χ1v) is 6.16. The average Bonchev–Trinajstić information content (AvgIpc) is 2.47. The summed E-state index contributed by atoms with van der Waals surface area (Å²) in [6, 6.07) is 7.60. The molecule has 0 aliphatic carbocycles. The smallest absolute Gasteiger partial charge is 0.267 e. The van der Waals surface area contributed by atoms with Crippen LogP contribution in [0.3, 0.4) is 0 Å². The van der Waals surface area contributed by atoms with Gasteiger partial charge in [-0.2, -0.15) is 0 Å². The van der Waals surface area contributed by atoms with Gasteiger partial charge in [-0.3, -0.25) is 14.5 Å². The van der Waals surface area contributed by atoms with E-state index < -0.39 is 0 Å². The van der Waals surface area contributed by atoms with Gasteiger partial charge in [0.1, 0.15) is 0 Å². The molecule has 0 saturated heterocycles. The van der Waals surface area contributed by atoms with Crippen molar-refractivity contribution >= 4 is 39.5 Å². The Labute approximate surface area is 106 Å². The van der Waals surface area contributed by atoms with Crippen molar-refractivity contribution in [3.05, 3.63) is 39.7 Å². The zero-order valence-electron chi connectivity index (χ0n) is 8.44. The van der Waals surface area contributed by atoms with E-state index in [2.05, 4.69) is 15.9 Å². The molecule has 2 amide bonds. The summed E-state index contributed by atoms with van der Waals surface area (Å²) in [4.78, 5) is 25.4. The molecule has 0 atom stereocenters. The quantitative estimate of drug-likeness (QED) is 0.787. The Bertz CT molecular complexity index is 499. The Balaban J connectivity index is 2.21. The van der Waals surface area contributed by atoms with Crippen molar-refractivity contribution in [1.29, 1.82) is 0 Å². The first kappa shape index (κ1) is 11.4. The molecule has 1 aromatic carbocycles. The molecule has 1 aliphatic rings. The van der Waals surface area contributed by atoms with Crippen molar-refractivity contribution in [2.24, 2.45) is 0 Å². The van der Waals surface area contributed by atoms with Crippen LogP contribution >= 0.6 is 27.7 Å². The van der Waals surface area contributed by atoms with E-state index in [-0.39, 0.29) is 11.8 Å². The zero-order chi connectivity index (χ0) is 11.7. The predicted octanol–water partition coefficient (Wildman–Crippen LogP) is 2.42. The minimum atomic E-state index is -0.262. The summed E-state index contributed by atoms with van der Waals surface area (Å²) in [6.07, 6.45) is 1.37. The van der Waals surface area contributed by atoms with Crippen molar-refractivity contribution in [3.8, 4) is 0 Å². The van der Waals surface area contributed by atoms with E-state index in [1.807, 2.05) is 24.3 Å². The number of likely N-dealkylation sites (N-methyl/N-ethyl adjacent to an activating group) is 1. The Hall–Kier alpha value is -1.07. The van der Waals surface area contributed by atoms with E-state index in [9.17, 15) is 9.59 Å². The highest BCUT2D eigenvalue weighted by molar-refractivity contribution is 9.10. The lowest BCUT2D eigenvalue weighted by Crippen LogP contribution is -2.25. The predicted molar refractivity (Wildman–Crippen MR) is 65.9 cm³/mol. The average molecular weight is 298 g/mol. The maximum absolute atomic E-state index is 11.6. The van der Waals surface area contributed by atoms with E-state index in [1.54, 1.807) is 0 Å². The van der Waals surface area contributed by atoms with Crippen LogP contribution in [-0.2, 0) is 9.59 Å². The van der Waals surface area contributed by atoms with Gasteiger partial charge in [-0.1, -0.05) is 33.8 Å². The van der Waals surface area contributed by atoms with Crippen LogP contribution in [0.15, 0.2) is 44.6 Å². The third-order valence-electron chi connectivity index (χ3n) is 2.12. The molecule has 0 N–H and O–H groups in total. The van der Waals surface area contributed by atoms with Crippen LogP contribution in [0.2, 0.25) is 0 Å². The fourth-order valence-electron chi connectivity index (χ4n) is 1.27. The normalized spacial score (nSPS) is 15.6. The molecule has 1 aromatic rings. The Kier molecular flexibility index (Phi) is 3.16. The van der Waals surface area contributed by atoms with Gasteiger partial charge in [0.15, 0.2) is 0 Å². The van der Waals surface area contributed by atoms with Crippen LogP contribution in [-0.4, -0.2) is 23.8 Å². The molecular formula is C11H8BrNO2S. The first-order valence-electron chi connectivity index (χ1n) is 4.55. The van der Waals surface area contributed by atoms with Gasteiger partial charge in [0, 0.05) is 22.5 Å². The summed E-state index contributed by atoms with van der Waals surface area (Å²) >= 11 is 4.66. The summed E-state index contributed by atoms with van der Waals surface area (Å²) in [7, 11) is 1.48. The molecule has 0 saturated carbocycles. The standard InChI is InChI=1S/C11H8BrNO2S/c1-13-10(14)6-9(11(13)15)16-8-4-2-3-7(12)5-8/h2-6H,1H3. The molecular weight excluding hydrogens is 290 g/mol. The lowest BCUT2D eigenvalue weighted by Gasteiger charge is -2.06. The summed E-state index contributed by atoms with van der Waals surface area (Å²) in [6.45, 7) is 0. The number of benzene rings is 1. The van der Waals surface area contributed by atoms with Gasteiger partial charge in [0.25, 0.3) is 11.8 Å². The Morgan fingerprint density at radius 3 is 2.62 bits per heavy atom. The number of nitrogens with zero attached hydrogens (tertiary/aromatic N) is 1. The molecule has 0 radical (unpaired) electrons. The highest BCUT2D eigenvalue weighted by Gasteiger charge is 2.28. The summed E-state index contributed by atoms with van der Waals surface area (Å²) < 4.78 is 0.947. The van der Waals surface area contributed by atoms with Crippen LogP contribution in [0.4, 0.5) is 0 Å². The molecule has 3 nitrogen and oxygen atoms in total. The molecule has 0 aromatic heterocycles. The van der Waals surface area contributed by atoms with Crippen molar-refractivity contribution in [1.82, 2.24) is 4.90 Å². The summed E-state index contributed by atoms with van der Waals surface area (Å²) in [5, 5.41) is 0. The van der Waals surface area contributed by atoms with Crippen LogP contribution in [0, 0.1) is 0 Å². The van der Waals surface area contributed by atoms with Gasteiger partial charge < -0.3 is 0 Å². The SMILES string of the molecule is CN1C(=O)C=C(Sc2cccc(Br)c2)C1=O. The molecule has 1 heterocycles. The molecule has 0 bridgehead atoms. The number of thioether (sulfide) groups is 1. The maximum atomic E-state index is 11.6. The number of imide groups is 1. The lowest BCUT2D eigenvalue weighted by molar-refractivity contribution is -0.135. The molecule has 0 spiro atoms. The molecule has 0 fully saturated rings. The van der Waals surface area contributed by atoms with Gasteiger partial charge in [0.05, 0.1) is 4.91 Å². The molecule has 1 aliphatic heterocycles. The molecule has 16 heavy (non-hydrogen) atoms. The number of carbonyl (C=O) groups is 2. The molecule has 5 heteroatoms. The second-order valence-electron chi connectivity index (χ2n) is 3.27. The van der Waals surface area contributed by atoms with Gasteiger partial charge in [0.2, 0.25) is 0 Å². The van der Waals surface area contributed by atoms with Gasteiger partial charge in [-0.15, -0.1) is 0 Å². The summed E-state index contributed by atoms with van der Waals surface area (Å²) in [5.41, 5.74) is 0. The first-order chi connectivity index (χ1) is 7.58. The molecule has 82 valence electrons. The third-order valence-corrected chi connectivity index (χ3v) is 3.62. The van der Waals surface area contributed by atoms with Crippen LogP contribution in [0.5, 0.6) is 0 Å². The number of carbonyl (C=O) groups excluding carboxylic acids is 2. The largest absolute Gasteiger partial charge is 0.278 e. The van der Waals surface area contributed by atoms with E-state index in [0.717, 1.165) is 14.3 Å². The van der Waals surface area contributed by atoms with Crippen molar-refractivity contribution < 1.29 is 9.59 Å². The Morgan fingerprint density at radius 1 is 1.31 bits per heavy atom. The van der Waals surface area contributed by atoms with E-state index >= 15 is 0 Å². The van der Waals surface area contributed by atoms with Gasteiger partial charge in [-0.25, -0.2) is 0 Å². The number of rotatable bonds is 2. The van der Waals surface area contributed by atoms with Crippen molar-refractivity contribution in [2.75, 3.05) is 7.05 Å². The lowest BCUT2D eigenvalue weighted by atomic mass is 10.4. The van der Waals surface area contributed by atoms with E-state index in [1.165, 1.54) is 24.9 Å². The second-order valence-corrected chi connectivity index (χ2v) is 5.30. The van der Waals surface area contributed by atoms with Gasteiger partial charge in [-0.05, 0) is 18.2 Å². The minimum absolute atomic E-state index is 0.241. The number of amides is 2. The fraction of sp³-hybridized carbons (Fsp3) is 0.0909. The minimum Gasteiger partial charge on any atom is -0.278 e. The van der Waals surface area contributed by atoms with Crippen LogP contribution in [0.25, 0.3) is 0 Å². The molecule has 2 rings (SSSR count). The molecule has 0 unspecified atom stereocenters. The number of halogens is 1. The van der Waals surface area contributed by atoms with Crippen molar-refractivity contribution in [2.45, 2.75) is 4.90 Å². The monoisotopic (exact) mass is 297 g/mol. The Morgan fingerprint density at radius 2 is 2.06 bits per heavy atom. The van der Waals surface area contributed by atoms with Crippen LogP contribution < -0.4 is 0 Å². The topological polar surface area (TPSA) is 37.4 Å². The second kappa shape index (κ2) is 4.43. The van der Waals surface area contributed by atoms with Gasteiger partial charge >= 0.3 is 0 Å². The highest BCUT2D eigenvalue weighted by Crippen LogP contribution is 2.31. The fourth-order valence-corrected chi connectivity index (χ4v) is 2.79.